The van der Waals surface area contributed by atoms with Crippen LogP contribution in [0.1, 0.15) is 22.9 Å². The molecule has 0 saturated carbocycles. The molecule has 5 heteroatoms. The Kier molecular flexibility index (Phi) is 3.55. The largest absolute Gasteiger partial charge is 0.356 e. The molecule has 2 aromatic carbocycles. The molecule has 3 aromatic rings. The van der Waals surface area contributed by atoms with Crippen molar-refractivity contribution in [1.82, 2.24) is 9.88 Å². The minimum atomic E-state index is -0.152. The van der Waals surface area contributed by atoms with Crippen molar-refractivity contribution in [3.05, 3.63) is 69.3 Å². The molecule has 116 valence electrons. The van der Waals surface area contributed by atoms with Gasteiger partial charge in [-0.25, -0.2) is 0 Å². The number of benzene rings is 2. The lowest BCUT2D eigenvalue weighted by Crippen LogP contribution is -2.34. The number of rotatable bonds is 2. The fourth-order valence-corrected chi connectivity index (χ4v) is 3.80. The van der Waals surface area contributed by atoms with Crippen molar-refractivity contribution in [3.8, 4) is 0 Å². The molecule has 1 atom stereocenters. The molecular formula is C18H14Cl2N2O. The van der Waals surface area contributed by atoms with Gasteiger partial charge in [0, 0.05) is 33.2 Å². The second-order valence-electron chi connectivity index (χ2n) is 5.76. The first kappa shape index (κ1) is 14.6. The van der Waals surface area contributed by atoms with Gasteiger partial charge < -0.3 is 9.88 Å². The summed E-state index contributed by atoms with van der Waals surface area (Å²) in [6, 6.07) is 13.4. The van der Waals surface area contributed by atoms with Crippen LogP contribution in [0.2, 0.25) is 10.0 Å². The fraction of sp³-hybridized carbons (Fsp3) is 0.167. The zero-order chi connectivity index (χ0) is 16.0. The highest BCUT2D eigenvalue weighted by atomic mass is 35.5. The van der Waals surface area contributed by atoms with Gasteiger partial charge in [0.05, 0.1) is 6.04 Å². The molecule has 23 heavy (non-hydrogen) atoms. The van der Waals surface area contributed by atoms with Crippen LogP contribution in [-0.2, 0) is 11.2 Å². The monoisotopic (exact) mass is 344 g/mol. The number of halogens is 2. The maximum Gasteiger partial charge on any atom is 0.210 e. The van der Waals surface area contributed by atoms with E-state index in [4.69, 9.17) is 23.2 Å². The Balaban J connectivity index is 1.94. The predicted molar refractivity (Wildman–Crippen MR) is 93.1 cm³/mol. The van der Waals surface area contributed by atoms with Gasteiger partial charge in [0.25, 0.3) is 0 Å². The maximum absolute atomic E-state index is 11.6. The number of nitrogens with one attached hydrogen (secondary N) is 1. The average molecular weight is 345 g/mol. The van der Waals surface area contributed by atoms with Crippen LogP contribution >= 0.6 is 23.2 Å². The molecule has 0 spiro atoms. The third-order valence-corrected chi connectivity index (χ3v) is 4.90. The molecule has 0 fully saturated rings. The first-order valence-electron chi connectivity index (χ1n) is 7.44. The molecule has 4 rings (SSSR count). The van der Waals surface area contributed by atoms with E-state index < -0.39 is 0 Å². The number of hydrogen-bond donors (Lipinski definition) is 1. The highest BCUT2D eigenvalue weighted by Gasteiger charge is 2.31. The number of carbonyl (C=O) groups is 1. The molecule has 1 amide bonds. The first-order chi connectivity index (χ1) is 11.2. The van der Waals surface area contributed by atoms with Crippen LogP contribution in [0.3, 0.4) is 0 Å². The summed E-state index contributed by atoms with van der Waals surface area (Å²) < 4.78 is 0. The third kappa shape index (κ3) is 2.41. The van der Waals surface area contributed by atoms with Crippen LogP contribution in [0.4, 0.5) is 0 Å². The molecule has 0 aliphatic carbocycles. The van der Waals surface area contributed by atoms with E-state index in [1.807, 2.05) is 47.4 Å². The number of carbonyl (C=O) groups excluding carboxylic acids is 1. The lowest BCUT2D eigenvalue weighted by atomic mass is 9.93. The van der Waals surface area contributed by atoms with Crippen molar-refractivity contribution in [2.75, 3.05) is 6.54 Å². The molecule has 1 aromatic heterocycles. The van der Waals surface area contributed by atoms with E-state index in [-0.39, 0.29) is 6.04 Å². The molecule has 2 heterocycles. The average Bonchev–Trinajstić information content (AvgIpc) is 2.91. The summed E-state index contributed by atoms with van der Waals surface area (Å²) in [6.45, 7) is 0.674. The highest BCUT2D eigenvalue weighted by Crippen LogP contribution is 2.38. The van der Waals surface area contributed by atoms with E-state index in [1.54, 1.807) is 0 Å². The van der Waals surface area contributed by atoms with Crippen LogP contribution in [0.5, 0.6) is 0 Å². The lowest BCUT2D eigenvalue weighted by molar-refractivity contribution is -0.120. The summed E-state index contributed by atoms with van der Waals surface area (Å²) in [5.41, 5.74) is 4.32. The number of hydrogen-bond acceptors (Lipinski definition) is 1. The number of nitrogens with zero attached hydrogens (tertiary/aromatic N) is 1. The van der Waals surface area contributed by atoms with Gasteiger partial charge in [-0.15, -0.1) is 0 Å². The topological polar surface area (TPSA) is 36.1 Å². The van der Waals surface area contributed by atoms with Gasteiger partial charge in [0.2, 0.25) is 6.41 Å². The maximum atomic E-state index is 11.6. The number of amides is 1. The van der Waals surface area contributed by atoms with Gasteiger partial charge in [-0.2, -0.15) is 0 Å². The van der Waals surface area contributed by atoms with Crippen molar-refractivity contribution in [1.29, 1.82) is 0 Å². The Bertz CT molecular complexity index is 903. The Morgan fingerprint density at radius 2 is 1.96 bits per heavy atom. The Morgan fingerprint density at radius 3 is 2.74 bits per heavy atom. The summed E-state index contributed by atoms with van der Waals surface area (Å²) in [5.74, 6) is 0. The van der Waals surface area contributed by atoms with Gasteiger partial charge >= 0.3 is 0 Å². The minimum absolute atomic E-state index is 0.152. The number of aromatic amines is 1. The molecule has 1 aliphatic rings. The molecule has 3 nitrogen and oxygen atoms in total. The SMILES string of the molecule is O=CN1CCc2c([nH]c3ccc(Cl)cc23)C1c1cccc(Cl)c1. The van der Waals surface area contributed by atoms with E-state index >= 15 is 0 Å². The molecule has 0 bridgehead atoms. The van der Waals surface area contributed by atoms with Crippen molar-refractivity contribution in [2.24, 2.45) is 0 Å². The van der Waals surface area contributed by atoms with E-state index in [0.717, 1.165) is 40.0 Å². The lowest BCUT2D eigenvalue weighted by Gasteiger charge is -2.33. The summed E-state index contributed by atoms with van der Waals surface area (Å²) in [7, 11) is 0. The van der Waals surface area contributed by atoms with Gasteiger partial charge in [0.1, 0.15) is 0 Å². The van der Waals surface area contributed by atoms with E-state index in [0.29, 0.717) is 11.6 Å². The van der Waals surface area contributed by atoms with Crippen molar-refractivity contribution in [2.45, 2.75) is 12.5 Å². The van der Waals surface area contributed by atoms with Crippen LogP contribution in [0.15, 0.2) is 42.5 Å². The first-order valence-corrected chi connectivity index (χ1v) is 8.19. The van der Waals surface area contributed by atoms with Crippen molar-refractivity contribution >= 4 is 40.5 Å². The second-order valence-corrected chi connectivity index (χ2v) is 6.63. The molecule has 0 radical (unpaired) electrons. The summed E-state index contributed by atoms with van der Waals surface area (Å²) in [5, 5.41) is 2.51. The predicted octanol–water partition coefficient (Wildman–Crippen LogP) is 4.58. The zero-order valence-corrected chi connectivity index (χ0v) is 13.7. The fourth-order valence-electron chi connectivity index (χ4n) is 3.43. The van der Waals surface area contributed by atoms with Crippen molar-refractivity contribution < 1.29 is 4.79 Å². The smallest absolute Gasteiger partial charge is 0.210 e. The zero-order valence-electron chi connectivity index (χ0n) is 12.2. The minimum Gasteiger partial charge on any atom is -0.356 e. The van der Waals surface area contributed by atoms with Gasteiger partial charge in [-0.3, -0.25) is 4.79 Å². The van der Waals surface area contributed by atoms with Gasteiger partial charge in [0.15, 0.2) is 0 Å². The summed E-state index contributed by atoms with van der Waals surface area (Å²) in [6.07, 6.45) is 1.72. The van der Waals surface area contributed by atoms with Crippen LogP contribution < -0.4 is 0 Å². The Hall–Kier alpha value is -1.97. The van der Waals surface area contributed by atoms with Gasteiger partial charge in [-0.1, -0.05) is 35.3 Å². The number of H-pyrrole nitrogens is 1. The van der Waals surface area contributed by atoms with E-state index in [9.17, 15) is 4.79 Å². The third-order valence-electron chi connectivity index (χ3n) is 4.43. The van der Waals surface area contributed by atoms with Crippen LogP contribution in [0.25, 0.3) is 10.9 Å². The molecule has 0 saturated heterocycles. The number of fused-ring (bicyclic) bond motifs is 3. The summed E-state index contributed by atoms with van der Waals surface area (Å²) >= 11 is 12.3. The van der Waals surface area contributed by atoms with Crippen molar-refractivity contribution in [3.63, 3.8) is 0 Å². The molecular weight excluding hydrogens is 331 g/mol. The highest BCUT2D eigenvalue weighted by molar-refractivity contribution is 6.31. The van der Waals surface area contributed by atoms with Crippen LogP contribution in [0, 0.1) is 0 Å². The van der Waals surface area contributed by atoms with Crippen LogP contribution in [-0.4, -0.2) is 22.8 Å². The van der Waals surface area contributed by atoms with E-state index in [1.165, 1.54) is 5.56 Å². The standard InChI is InChI=1S/C18H14Cl2N2O/c19-12-3-1-2-11(8-12)18-17-14(6-7-22(18)10-23)15-9-13(20)4-5-16(15)21-17/h1-5,8-10,18,21H,6-7H2. The van der Waals surface area contributed by atoms with E-state index in [2.05, 4.69) is 4.98 Å². The quantitative estimate of drug-likeness (QED) is 0.678. The molecule has 1 aliphatic heterocycles. The van der Waals surface area contributed by atoms with Gasteiger partial charge in [-0.05, 0) is 47.9 Å². The number of aromatic nitrogens is 1. The normalized spacial score (nSPS) is 17.3. The molecule has 1 unspecified atom stereocenters. The molecule has 1 N–H and O–H groups in total. The second kappa shape index (κ2) is 5.59. The Morgan fingerprint density at radius 1 is 1.13 bits per heavy atom. The summed E-state index contributed by atoms with van der Waals surface area (Å²) in [4.78, 5) is 16.8. The Labute approximate surface area is 143 Å².